The van der Waals surface area contributed by atoms with Crippen LogP contribution in [0.15, 0.2) is 28.9 Å². The maximum absolute atomic E-state index is 12.9. The first-order chi connectivity index (χ1) is 13.0. The van der Waals surface area contributed by atoms with Crippen LogP contribution < -0.4 is 10.6 Å². The molecule has 148 valence electrons. The minimum Gasteiger partial charge on any atom is -0.480 e. The van der Waals surface area contributed by atoms with Crippen molar-refractivity contribution in [3.8, 4) is 0 Å². The fourth-order valence-corrected chi connectivity index (χ4v) is 3.65. The van der Waals surface area contributed by atoms with Crippen LogP contribution in [0.1, 0.15) is 44.3 Å². The van der Waals surface area contributed by atoms with Crippen LogP contribution >= 0.6 is 11.8 Å². The normalized spacial score (nSPS) is 17.4. The van der Waals surface area contributed by atoms with E-state index in [0.717, 1.165) is 19.3 Å². The molecule has 1 aromatic heterocycles. The molecule has 0 unspecified atom stereocenters. The van der Waals surface area contributed by atoms with E-state index < -0.39 is 29.4 Å². The number of amides is 2. The minimum absolute atomic E-state index is 0.338. The highest BCUT2D eigenvalue weighted by Gasteiger charge is 2.41. The molecule has 27 heavy (non-hydrogen) atoms. The molecule has 0 aromatic carbocycles. The van der Waals surface area contributed by atoms with Crippen molar-refractivity contribution in [2.45, 2.75) is 50.1 Å². The molecule has 1 aliphatic rings. The van der Waals surface area contributed by atoms with E-state index in [-0.39, 0.29) is 0 Å². The molecule has 1 fully saturated rings. The first kappa shape index (κ1) is 21.1. The molecule has 0 saturated heterocycles. The van der Waals surface area contributed by atoms with E-state index in [1.54, 1.807) is 12.1 Å². The van der Waals surface area contributed by atoms with Gasteiger partial charge in [0.2, 0.25) is 11.8 Å². The van der Waals surface area contributed by atoms with Gasteiger partial charge in [-0.15, -0.1) is 0 Å². The summed E-state index contributed by atoms with van der Waals surface area (Å²) in [7, 11) is 0. The Labute approximate surface area is 163 Å². The molecule has 2 amide bonds. The molecule has 8 heteroatoms. The fourth-order valence-electron chi connectivity index (χ4n) is 3.18. The van der Waals surface area contributed by atoms with Crippen molar-refractivity contribution in [2.75, 3.05) is 12.0 Å². The first-order valence-corrected chi connectivity index (χ1v) is 10.4. The molecule has 1 aromatic rings. The number of nitrogens with one attached hydrogen (secondary N) is 2. The zero-order valence-corrected chi connectivity index (χ0v) is 16.2. The number of furan rings is 1. The topological polar surface area (TPSA) is 109 Å². The van der Waals surface area contributed by atoms with E-state index in [1.807, 2.05) is 6.26 Å². The lowest BCUT2D eigenvalue weighted by atomic mass is 9.80. The molecule has 0 spiro atoms. The molecule has 1 heterocycles. The number of carboxylic acid groups (broad SMARTS) is 1. The number of rotatable bonds is 9. The second kappa shape index (κ2) is 10.2. The molecule has 0 radical (unpaired) electrons. The highest BCUT2D eigenvalue weighted by molar-refractivity contribution is 7.98. The Morgan fingerprint density at radius 2 is 2.07 bits per heavy atom. The molecule has 1 atom stereocenters. The lowest BCUT2D eigenvalue weighted by Gasteiger charge is -2.37. The van der Waals surface area contributed by atoms with Gasteiger partial charge in [0, 0.05) is 6.08 Å². The predicted molar refractivity (Wildman–Crippen MR) is 104 cm³/mol. The number of carbonyl (C=O) groups excluding carboxylic acids is 2. The Bertz CT molecular complexity index is 666. The Hall–Kier alpha value is -2.22. The van der Waals surface area contributed by atoms with Gasteiger partial charge in [-0.05, 0) is 49.5 Å². The van der Waals surface area contributed by atoms with Gasteiger partial charge in [0.15, 0.2) is 0 Å². The summed E-state index contributed by atoms with van der Waals surface area (Å²) in [6.45, 7) is 0. The standard InChI is InChI=1S/C19H26N2O5S/c1-27-13-9-15(17(23)24)20-18(25)19(10-3-2-4-11-19)21-16(22)8-7-14-6-5-12-26-14/h5-8,12,15H,2-4,9-11,13H2,1H3,(H,20,25)(H,21,22)(H,23,24)/b8-7+/t15-/m0/s1. The van der Waals surface area contributed by atoms with Crippen LogP contribution in [-0.2, 0) is 14.4 Å². The Balaban J connectivity index is 2.08. The van der Waals surface area contributed by atoms with E-state index in [4.69, 9.17) is 4.42 Å². The zero-order chi connectivity index (χ0) is 19.7. The van der Waals surface area contributed by atoms with Crippen molar-refractivity contribution in [3.05, 3.63) is 30.2 Å². The van der Waals surface area contributed by atoms with Crippen molar-refractivity contribution < 1.29 is 23.9 Å². The van der Waals surface area contributed by atoms with Gasteiger partial charge in [0.05, 0.1) is 6.26 Å². The third kappa shape index (κ3) is 6.16. The smallest absolute Gasteiger partial charge is 0.326 e. The van der Waals surface area contributed by atoms with Crippen LogP contribution in [0.25, 0.3) is 6.08 Å². The number of aliphatic carboxylic acids is 1. The van der Waals surface area contributed by atoms with Crippen LogP contribution in [0.4, 0.5) is 0 Å². The molecule has 3 N–H and O–H groups in total. The van der Waals surface area contributed by atoms with Crippen molar-refractivity contribution >= 4 is 35.6 Å². The second-order valence-electron chi connectivity index (χ2n) is 6.63. The number of thioether (sulfide) groups is 1. The summed E-state index contributed by atoms with van der Waals surface area (Å²) in [6, 6.07) is 2.48. The van der Waals surface area contributed by atoms with Crippen molar-refractivity contribution in [1.82, 2.24) is 10.6 Å². The lowest BCUT2D eigenvalue weighted by molar-refractivity contribution is -0.143. The second-order valence-corrected chi connectivity index (χ2v) is 7.61. The van der Waals surface area contributed by atoms with Gasteiger partial charge in [-0.1, -0.05) is 19.3 Å². The highest BCUT2D eigenvalue weighted by Crippen LogP contribution is 2.29. The van der Waals surface area contributed by atoms with E-state index in [1.165, 1.54) is 30.2 Å². The van der Waals surface area contributed by atoms with Crippen LogP contribution in [0, 0.1) is 0 Å². The first-order valence-electron chi connectivity index (χ1n) is 9.03. The summed E-state index contributed by atoms with van der Waals surface area (Å²) in [4.78, 5) is 36.7. The van der Waals surface area contributed by atoms with Gasteiger partial charge >= 0.3 is 5.97 Å². The van der Waals surface area contributed by atoms with Gasteiger partial charge in [-0.25, -0.2) is 4.79 Å². The summed E-state index contributed by atoms with van der Waals surface area (Å²) < 4.78 is 5.15. The maximum Gasteiger partial charge on any atom is 0.326 e. The third-order valence-electron chi connectivity index (χ3n) is 4.66. The average Bonchev–Trinajstić information content (AvgIpc) is 3.17. The molecule has 2 rings (SSSR count). The quantitative estimate of drug-likeness (QED) is 0.555. The predicted octanol–water partition coefficient (Wildman–Crippen LogP) is 2.43. The molecule has 1 saturated carbocycles. The number of carboxylic acids is 1. The highest BCUT2D eigenvalue weighted by atomic mass is 32.2. The fraction of sp³-hybridized carbons (Fsp3) is 0.526. The van der Waals surface area contributed by atoms with Crippen molar-refractivity contribution in [2.24, 2.45) is 0 Å². The van der Waals surface area contributed by atoms with E-state index in [0.29, 0.717) is 30.8 Å². The van der Waals surface area contributed by atoms with E-state index in [2.05, 4.69) is 10.6 Å². The van der Waals surface area contributed by atoms with E-state index in [9.17, 15) is 19.5 Å². The van der Waals surface area contributed by atoms with Crippen molar-refractivity contribution in [3.63, 3.8) is 0 Å². The minimum atomic E-state index is -1.07. The largest absolute Gasteiger partial charge is 0.480 e. The number of carbonyl (C=O) groups is 3. The molecule has 0 aliphatic heterocycles. The SMILES string of the molecule is CSCC[C@H](NC(=O)C1(NC(=O)/C=C/c2ccco2)CCCCC1)C(=O)O. The number of hydrogen-bond donors (Lipinski definition) is 3. The van der Waals surface area contributed by atoms with Crippen molar-refractivity contribution in [1.29, 1.82) is 0 Å². The van der Waals surface area contributed by atoms with Gasteiger partial charge in [-0.3, -0.25) is 9.59 Å². The summed E-state index contributed by atoms with van der Waals surface area (Å²) in [5.41, 5.74) is -1.07. The Kier molecular flexibility index (Phi) is 7.97. The van der Waals surface area contributed by atoms with Gasteiger partial charge in [-0.2, -0.15) is 11.8 Å². The van der Waals surface area contributed by atoms with Gasteiger partial charge < -0.3 is 20.2 Å². The summed E-state index contributed by atoms with van der Waals surface area (Å²) in [5, 5.41) is 14.8. The average molecular weight is 394 g/mol. The monoisotopic (exact) mass is 394 g/mol. The number of hydrogen-bond acceptors (Lipinski definition) is 5. The molecule has 1 aliphatic carbocycles. The molecular formula is C19H26N2O5S. The molecular weight excluding hydrogens is 368 g/mol. The van der Waals surface area contributed by atoms with Crippen LogP contribution in [0.2, 0.25) is 0 Å². The van der Waals surface area contributed by atoms with Crippen LogP contribution in [0.5, 0.6) is 0 Å². The van der Waals surface area contributed by atoms with Crippen LogP contribution in [-0.4, -0.2) is 46.5 Å². The van der Waals surface area contributed by atoms with Gasteiger partial charge in [0.25, 0.3) is 0 Å². The van der Waals surface area contributed by atoms with Crippen LogP contribution in [0.3, 0.4) is 0 Å². The maximum atomic E-state index is 12.9. The van der Waals surface area contributed by atoms with Gasteiger partial charge in [0.1, 0.15) is 17.3 Å². The zero-order valence-electron chi connectivity index (χ0n) is 15.4. The summed E-state index contributed by atoms with van der Waals surface area (Å²) in [5.74, 6) is -0.722. The summed E-state index contributed by atoms with van der Waals surface area (Å²) >= 11 is 1.52. The third-order valence-corrected chi connectivity index (χ3v) is 5.30. The summed E-state index contributed by atoms with van der Waals surface area (Å²) in [6.07, 6.45) is 10.2. The Morgan fingerprint density at radius 3 is 2.67 bits per heavy atom. The molecule has 0 bridgehead atoms. The lowest BCUT2D eigenvalue weighted by Crippen LogP contribution is -2.61. The molecule has 7 nitrogen and oxygen atoms in total. The Morgan fingerprint density at radius 1 is 1.33 bits per heavy atom. The van der Waals surface area contributed by atoms with E-state index >= 15 is 0 Å².